The van der Waals surface area contributed by atoms with Crippen LogP contribution in [0, 0.1) is 6.92 Å². The number of hydrogen-bond acceptors (Lipinski definition) is 6. The third kappa shape index (κ3) is 4.50. The molecule has 0 aromatic heterocycles. The van der Waals surface area contributed by atoms with Crippen molar-refractivity contribution in [1.29, 1.82) is 0 Å². The van der Waals surface area contributed by atoms with Gasteiger partial charge in [0.05, 0.1) is 4.90 Å². The molecule has 174 valence electrons. The molecule has 2 fully saturated rings. The van der Waals surface area contributed by atoms with Gasteiger partial charge in [-0.2, -0.15) is 0 Å². The van der Waals surface area contributed by atoms with Crippen molar-refractivity contribution in [3.8, 4) is 0 Å². The van der Waals surface area contributed by atoms with E-state index < -0.39 is 22.0 Å². The van der Waals surface area contributed by atoms with Crippen LogP contribution in [-0.4, -0.2) is 67.4 Å². The second-order valence-electron chi connectivity index (χ2n) is 8.48. The van der Waals surface area contributed by atoms with Crippen molar-refractivity contribution in [3.63, 3.8) is 0 Å². The molecule has 0 saturated carbocycles. The molecule has 1 atom stereocenters. The lowest BCUT2D eigenvalue weighted by molar-refractivity contribution is -0.138. The van der Waals surface area contributed by atoms with E-state index in [1.807, 2.05) is 19.1 Å². The van der Waals surface area contributed by atoms with Crippen molar-refractivity contribution >= 4 is 33.3 Å². The highest BCUT2D eigenvalue weighted by molar-refractivity contribution is 7.89. The predicted molar refractivity (Wildman–Crippen MR) is 123 cm³/mol. The maximum Gasteiger partial charge on any atom is 0.267 e. The van der Waals surface area contributed by atoms with Crippen LogP contribution in [0.5, 0.6) is 0 Å². The Morgan fingerprint density at radius 2 is 1.52 bits per heavy atom. The number of benzene rings is 2. The van der Waals surface area contributed by atoms with Gasteiger partial charge in [-0.05, 0) is 56.7 Å². The van der Waals surface area contributed by atoms with Crippen molar-refractivity contribution in [2.75, 3.05) is 31.1 Å². The van der Waals surface area contributed by atoms with Crippen LogP contribution in [-0.2, 0) is 19.6 Å². The standard InChI is InChI=1S/C24H27N3O5S/c1-17-3-9-21(10-4-17)33(31,32)27-22(11-12-23(27)29)24(30)26-15-13-25(14-16-26)20-7-5-19(6-8-20)18(2)28/h3-10,22H,11-16H2,1-2H3/t22-/m1/s1. The minimum absolute atomic E-state index is 0.00761. The largest absolute Gasteiger partial charge is 0.368 e. The molecule has 2 amide bonds. The summed E-state index contributed by atoms with van der Waals surface area (Å²) < 4.78 is 27.1. The highest BCUT2D eigenvalue weighted by atomic mass is 32.2. The zero-order valence-corrected chi connectivity index (χ0v) is 19.5. The van der Waals surface area contributed by atoms with Crippen molar-refractivity contribution < 1.29 is 22.8 Å². The van der Waals surface area contributed by atoms with Gasteiger partial charge in [0, 0.05) is 43.9 Å². The Morgan fingerprint density at radius 3 is 2.09 bits per heavy atom. The minimum atomic E-state index is -4.10. The van der Waals surface area contributed by atoms with Gasteiger partial charge in [0.15, 0.2) is 5.78 Å². The van der Waals surface area contributed by atoms with Gasteiger partial charge in [0.1, 0.15) is 6.04 Å². The number of carbonyl (C=O) groups excluding carboxylic acids is 3. The summed E-state index contributed by atoms with van der Waals surface area (Å²) in [5, 5.41) is 0. The number of rotatable bonds is 5. The van der Waals surface area contributed by atoms with Crippen molar-refractivity contribution in [2.24, 2.45) is 0 Å². The number of sulfonamides is 1. The summed E-state index contributed by atoms with van der Waals surface area (Å²) in [5.74, 6) is -0.866. The molecule has 0 spiro atoms. The monoisotopic (exact) mass is 469 g/mol. The van der Waals surface area contributed by atoms with Gasteiger partial charge in [0.2, 0.25) is 11.8 Å². The molecule has 2 aromatic carbocycles. The van der Waals surface area contributed by atoms with Gasteiger partial charge in [0.25, 0.3) is 10.0 Å². The number of ketones is 1. The first-order chi connectivity index (χ1) is 15.7. The average molecular weight is 470 g/mol. The SMILES string of the molecule is CC(=O)c1ccc(N2CCN(C(=O)[C@H]3CCC(=O)N3S(=O)(=O)c3ccc(C)cc3)CC2)cc1. The quantitative estimate of drug-likeness (QED) is 0.624. The van der Waals surface area contributed by atoms with Crippen LogP contribution >= 0.6 is 0 Å². The molecular weight excluding hydrogens is 442 g/mol. The Labute approximate surface area is 193 Å². The van der Waals surface area contributed by atoms with Crippen LogP contribution in [0.2, 0.25) is 0 Å². The van der Waals surface area contributed by atoms with Crippen LogP contribution in [0.4, 0.5) is 5.69 Å². The highest BCUT2D eigenvalue weighted by Gasteiger charge is 2.45. The maximum absolute atomic E-state index is 13.3. The lowest BCUT2D eigenvalue weighted by Crippen LogP contribution is -2.55. The fourth-order valence-corrected chi connectivity index (χ4v) is 5.91. The number of hydrogen-bond donors (Lipinski definition) is 0. The van der Waals surface area contributed by atoms with Crippen LogP contribution in [0.3, 0.4) is 0 Å². The van der Waals surface area contributed by atoms with E-state index in [0.29, 0.717) is 31.7 Å². The Balaban J connectivity index is 1.46. The van der Waals surface area contributed by atoms with Gasteiger partial charge >= 0.3 is 0 Å². The molecule has 8 nitrogen and oxygen atoms in total. The molecule has 9 heteroatoms. The second-order valence-corrected chi connectivity index (χ2v) is 10.3. The van der Waals surface area contributed by atoms with E-state index in [0.717, 1.165) is 15.6 Å². The first-order valence-electron chi connectivity index (χ1n) is 11.0. The van der Waals surface area contributed by atoms with E-state index >= 15 is 0 Å². The summed E-state index contributed by atoms with van der Waals surface area (Å²) >= 11 is 0. The number of aryl methyl sites for hydroxylation is 1. The summed E-state index contributed by atoms with van der Waals surface area (Å²) in [4.78, 5) is 41.0. The van der Waals surface area contributed by atoms with E-state index in [4.69, 9.17) is 0 Å². The molecule has 0 N–H and O–H groups in total. The number of anilines is 1. The molecule has 2 aromatic rings. The van der Waals surface area contributed by atoms with Gasteiger partial charge in [-0.25, -0.2) is 12.7 Å². The van der Waals surface area contributed by atoms with E-state index in [1.165, 1.54) is 19.1 Å². The van der Waals surface area contributed by atoms with E-state index in [-0.39, 0.29) is 29.4 Å². The molecule has 0 radical (unpaired) electrons. The smallest absolute Gasteiger partial charge is 0.267 e. The molecular formula is C24H27N3O5S. The number of carbonyl (C=O) groups is 3. The Hall–Kier alpha value is -3.20. The van der Waals surface area contributed by atoms with E-state index in [2.05, 4.69) is 4.90 Å². The number of Topliss-reactive ketones (excluding diaryl/α,β-unsaturated/α-hetero) is 1. The Morgan fingerprint density at radius 1 is 0.909 bits per heavy atom. The third-order valence-electron chi connectivity index (χ3n) is 6.25. The van der Waals surface area contributed by atoms with Crippen LogP contribution in [0.25, 0.3) is 0 Å². The normalized spacial score (nSPS) is 19.2. The molecule has 4 rings (SSSR count). The van der Waals surface area contributed by atoms with Crippen LogP contribution in [0.1, 0.15) is 35.7 Å². The third-order valence-corrected chi connectivity index (χ3v) is 8.10. The van der Waals surface area contributed by atoms with Gasteiger partial charge in [-0.1, -0.05) is 17.7 Å². The molecule has 0 unspecified atom stereocenters. The Kier molecular flexibility index (Phi) is 6.25. The Bertz CT molecular complexity index is 1170. The molecule has 33 heavy (non-hydrogen) atoms. The van der Waals surface area contributed by atoms with E-state index in [1.54, 1.807) is 29.2 Å². The van der Waals surface area contributed by atoms with E-state index in [9.17, 15) is 22.8 Å². The fraction of sp³-hybridized carbons (Fsp3) is 0.375. The summed E-state index contributed by atoms with van der Waals surface area (Å²) in [6.07, 6.45) is 0.222. The molecule has 0 aliphatic carbocycles. The molecule has 0 bridgehead atoms. The summed E-state index contributed by atoms with van der Waals surface area (Å²) in [6.45, 7) is 5.39. The van der Waals surface area contributed by atoms with Gasteiger partial charge in [-0.15, -0.1) is 0 Å². The molecule has 2 aliphatic rings. The topological polar surface area (TPSA) is 95.1 Å². The number of nitrogens with zero attached hydrogens (tertiary/aromatic N) is 3. The van der Waals surface area contributed by atoms with Crippen molar-refractivity contribution in [3.05, 3.63) is 59.7 Å². The van der Waals surface area contributed by atoms with Crippen LogP contribution < -0.4 is 4.90 Å². The zero-order chi connectivity index (χ0) is 23.8. The minimum Gasteiger partial charge on any atom is -0.368 e. The lowest BCUT2D eigenvalue weighted by Gasteiger charge is -2.38. The zero-order valence-electron chi connectivity index (χ0n) is 18.7. The van der Waals surface area contributed by atoms with Gasteiger partial charge in [-0.3, -0.25) is 14.4 Å². The average Bonchev–Trinajstić information content (AvgIpc) is 3.21. The first kappa shape index (κ1) is 23.0. The molecule has 2 saturated heterocycles. The van der Waals surface area contributed by atoms with Crippen LogP contribution in [0.15, 0.2) is 53.4 Å². The fourth-order valence-electron chi connectivity index (χ4n) is 4.31. The predicted octanol–water partition coefficient (Wildman–Crippen LogP) is 2.23. The first-order valence-corrected chi connectivity index (χ1v) is 12.4. The van der Waals surface area contributed by atoms with Crippen molar-refractivity contribution in [1.82, 2.24) is 9.21 Å². The summed E-state index contributed by atoms with van der Waals surface area (Å²) in [7, 11) is -4.10. The summed E-state index contributed by atoms with van der Waals surface area (Å²) in [6, 6.07) is 12.6. The van der Waals surface area contributed by atoms with Gasteiger partial charge < -0.3 is 9.80 Å². The number of piperazine rings is 1. The second kappa shape index (κ2) is 8.97. The van der Waals surface area contributed by atoms with Crippen molar-refractivity contribution in [2.45, 2.75) is 37.6 Å². The molecule has 2 aliphatic heterocycles. The molecule has 2 heterocycles. The lowest BCUT2D eigenvalue weighted by atomic mass is 10.1. The summed E-state index contributed by atoms with van der Waals surface area (Å²) in [5.41, 5.74) is 2.52. The number of amides is 2. The highest BCUT2D eigenvalue weighted by Crippen LogP contribution is 2.29. The maximum atomic E-state index is 13.3.